The molecule has 0 saturated carbocycles. The maximum atomic E-state index is 11.5. The molecular weight excluding hydrogens is 194 g/mol. The summed E-state index contributed by atoms with van der Waals surface area (Å²) in [5.41, 5.74) is 1.16. The molecule has 0 spiro atoms. The molecule has 0 atom stereocenters. The van der Waals surface area contributed by atoms with E-state index in [1.165, 1.54) is 5.56 Å². The predicted octanol–water partition coefficient (Wildman–Crippen LogP) is 2.38. The molecule has 0 aliphatic rings. The molecule has 72 valence electrons. The van der Waals surface area contributed by atoms with Crippen LogP contribution in [0.2, 0.25) is 0 Å². The molecule has 1 N–H and O–H groups in total. The van der Waals surface area contributed by atoms with Crippen LogP contribution < -0.4 is 5.56 Å². The van der Waals surface area contributed by atoms with E-state index in [0.717, 1.165) is 17.2 Å². The molecular formula is C11H11NOS. The van der Waals surface area contributed by atoms with E-state index in [0.29, 0.717) is 5.03 Å². The van der Waals surface area contributed by atoms with Gasteiger partial charge in [-0.3, -0.25) is 4.79 Å². The van der Waals surface area contributed by atoms with Gasteiger partial charge >= 0.3 is 0 Å². The summed E-state index contributed by atoms with van der Waals surface area (Å²) in [4.78, 5) is 14.2. The quantitative estimate of drug-likeness (QED) is 0.688. The van der Waals surface area contributed by atoms with Crippen molar-refractivity contribution >= 4 is 23.4 Å². The van der Waals surface area contributed by atoms with Gasteiger partial charge in [-0.05, 0) is 29.5 Å². The Hall–Kier alpha value is -1.22. The van der Waals surface area contributed by atoms with Crippen LogP contribution in [-0.2, 0) is 6.42 Å². The van der Waals surface area contributed by atoms with Crippen LogP contribution in [0.3, 0.4) is 0 Å². The third-order valence-corrected chi connectivity index (χ3v) is 2.54. The maximum absolute atomic E-state index is 11.5. The molecule has 0 unspecified atom stereocenters. The molecule has 0 radical (unpaired) electrons. The Morgan fingerprint density at radius 2 is 2.14 bits per heavy atom. The lowest BCUT2D eigenvalue weighted by molar-refractivity contribution is 1.11. The first kappa shape index (κ1) is 9.34. The number of thiol groups is 1. The van der Waals surface area contributed by atoms with Crippen molar-refractivity contribution in [3.05, 3.63) is 40.2 Å². The molecule has 1 heterocycles. The molecule has 0 bridgehead atoms. The van der Waals surface area contributed by atoms with E-state index in [9.17, 15) is 4.79 Å². The third kappa shape index (κ3) is 1.55. The van der Waals surface area contributed by atoms with E-state index in [1.807, 2.05) is 24.3 Å². The molecule has 1 aromatic heterocycles. The summed E-state index contributed by atoms with van der Waals surface area (Å²) in [7, 11) is 0. The highest BCUT2D eigenvalue weighted by Gasteiger charge is 2.00. The lowest BCUT2D eigenvalue weighted by Crippen LogP contribution is -2.06. The van der Waals surface area contributed by atoms with Gasteiger partial charge in [-0.15, -0.1) is 12.6 Å². The van der Waals surface area contributed by atoms with Crippen LogP contribution in [-0.4, -0.2) is 4.98 Å². The highest BCUT2D eigenvalue weighted by atomic mass is 32.1. The fraction of sp³-hybridized carbons (Fsp3) is 0.182. The van der Waals surface area contributed by atoms with Crippen molar-refractivity contribution in [2.45, 2.75) is 18.4 Å². The summed E-state index contributed by atoms with van der Waals surface area (Å²) in [6.07, 6.45) is 0.977. The number of fused-ring (bicyclic) bond motifs is 1. The number of pyridine rings is 1. The number of aryl methyl sites for hydroxylation is 1. The normalized spacial score (nSPS) is 10.7. The summed E-state index contributed by atoms with van der Waals surface area (Å²) in [5, 5.41) is 2.29. The molecule has 3 heteroatoms. The molecule has 2 rings (SSSR count). The first-order valence-corrected chi connectivity index (χ1v) is 5.00. The summed E-state index contributed by atoms with van der Waals surface area (Å²) < 4.78 is 0. The topological polar surface area (TPSA) is 32.9 Å². The van der Waals surface area contributed by atoms with Gasteiger partial charge in [-0.25, -0.2) is 0 Å². The van der Waals surface area contributed by atoms with Gasteiger partial charge in [0.05, 0.1) is 5.03 Å². The zero-order valence-corrected chi connectivity index (χ0v) is 8.77. The van der Waals surface area contributed by atoms with Crippen molar-refractivity contribution < 1.29 is 0 Å². The highest BCUT2D eigenvalue weighted by Crippen LogP contribution is 2.14. The second-order valence-corrected chi connectivity index (χ2v) is 3.74. The summed E-state index contributed by atoms with van der Waals surface area (Å²) in [5.74, 6) is 0. The molecule has 0 aliphatic carbocycles. The van der Waals surface area contributed by atoms with E-state index >= 15 is 0 Å². The van der Waals surface area contributed by atoms with Crippen molar-refractivity contribution in [2.75, 3.05) is 0 Å². The fourth-order valence-corrected chi connectivity index (χ4v) is 1.77. The van der Waals surface area contributed by atoms with Crippen LogP contribution in [0, 0.1) is 0 Å². The van der Waals surface area contributed by atoms with Crippen molar-refractivity contribution in [2.24, 2.45) is 0 Å². The lowest BCUT2D eigenvalue weighted by atomic mass is 10.1. The van der Waals surface area contributed by atoms with Crippen LogP contribution in [0.15, 0.2) is 34.1 Å². The average molecular weight is 205 g/mol. The van der Waals surface area contributed by atoms with Crippen molar-refractivity contribution in [3.8, 4) is 0 Å². The largest absolute Gasteiger partial charge is 0.317 e. The van der Waals surface area contributed by atoms with Crippen LogP contribution in [0.1, 0.15) is 12.5 Å². The predicted molar refractivity (Wildman–Crippen MR) is 61.2 cm³/mol. The van der Waals surface area contributed by atoms with Gasteiger partial charge in [0, 0.05) is 5.39 Å². The Morgan fingerprint density at radius 3 is 2.86 bits per heavy atom. The molecule has 14 heavy (non-hydrogen) atoms. The van der Waals surface area contributed by atoms with Gasteiger partial charge in [-0.2, -0.15) is 0 Å². The maximum Gasteiger partial charge on any atom is 0.256 e. The molecule has 1 aromatic carbocycles. The summed E-state index contributed by atoms with van der Waals surface area (Å²) >= 11 is 4.14. The van der Waals surface area contributed by atoms with E-state index in [-0.39, 0.29) is 5.56 Å². The van der Waals surface area contributed by atoms with Crippen molar-refractivity contribution in [1.82, 2.24) is 4.98 Å². The molecule has 0 amide bonds. The highest BCUT2D eigenvalue weighted by molar-refractivity contribution is 7.80. The number of hydrogen-bond donors (Lipinski definition) is 2. The van der Waals surface area contributed by atoms with Crippen LogP contribution in [0.25, 0.3) is 10.8 Å². The Balaban J connectivity index is 2.82. The zero-order chi connectivity index (χ0) is 10.1. The lowest BCUT2D eigenvalue weighted by Gasteiger charge is -2.01. The van der Waals surface area contributed by atoms with Crippen LogP contribution in [0.4, 0.5) is 0 Å². The summed E-state index contributed by atoms with van der Waals surface area (Å²) in [6.45, 7) is 2.09. The standard InChI is InChI=1S/C11H11NOS/c1-2-7-3-4-9-8(5-7)6-10(14)12-11(9)13/h3-6H,2H2,1H3,(H2,12,13,14). The Labute approximate surface area is 87.4 Å². The number of hydrogen-bond acceptors (Lipinski definition) is 2. The Bertz CT molecular complexity index is 530. The van der Waals surface area contributed by atoms with E-state index in [1.54, 1.807) is 0 Å². The number of aromatic amines is 1. The van der Waals surface area contributed by atoms with Crippen LogP contribution >= 0.6 is 12.6 Å². The molecule has 2 nitrogen and oxygen atoms in total. The monoisotopic (exact) mass is 205 g/mol. The smallest absolute Gasteiger partial charge is 0.256 e. The number of aromatic nitrogens is 1. The third-order valence-electron chi connectivity index (χ3n) is 2.30. The minimum Gasteiger partial charge on any atom is -0.317 e. The Morgan fingerprint density at radius 1 is 1.36 bits per heavy atom. The van der Waals surface area contributed by atoms with Crippen molar-refractivity contribution in [3.63, 3.8) is 0 Å². The first-order valence-electron chi connectivity index (χ1n) is 4.55. The van der Waals surface area contributed by atoms with Gasteiger partial charge in [0.1, 0.15) is 0 Å². The minimum atomic E-state index is -0.0739. The number of H-pyrrole nitrogens is 1. The van der Waals surface area contributed by atoms with Gasteiger partial charge in [-0.1, -0.05) is 19.1 Å². The number of nitrogens with one attached hydrogen (secondary N) is 1. The van der Waals surface area contributed by atoms with E-state index < -0.39 is 0 Å². The SMILES string of the molecule is CCc1ccc2c(=O)[nH]c(S)cc2c1. The van der Waals surface area contributed by atoms with E-state index in [2.05, 4.69) is 24.5 Å². The van der Waals surface area contributed by atoms with Crippen LogP contribution in [0.5, 0.6) is 0 Å². The van der Waals surface area contributed by atoms with Gasteiger partial charge < -0.3 is 4.98 Å². The zero-order valence-electron chi connectivity index (χ0n) is 7.87. The van der Waals surface area contributed by atoms with Crippen molar-refractivity contribution in [1.29, 1.82) is 0 Å². The van der Waals surface area contributed by atoms with Gasteiger partial charge in [0.15, 0.2) is 0 Å². The Kier molecular flexibility index (Phi) is 2.33. The molecule has 0 saturated heterocycles. The average Bonchev–Trinajstić information content (AvgIpc) is 2.16. The first-order chi connectivity index (χ1) is 6.70. The number of benzene rings is 1. The van der Waals surface area contributed by atoms with E-state index in [4.69, 9.17) is 0 Å². The summed E-state index contributed by atoms with van der Waals surface area (Å²) in [6, 6.07) is 7.75. The second kappa shape index (κ2) is 3.50. The molecule has 2 aromatic rings. The minimum absolute atomic E-state index is 0.0739. The van der Waals surface area contributed by atoms with Gasteiger partial charge in [0.25, 0.3) is 5.56 Å². The number of rotatable bonds is 1. The second-order valence-electron chi connectivity index (χ2n) is 3.26. The molecule has 0 aliphatic heterocycles. The van der Waals surface area contributed by atoms with Gasteiger partial charge in [0.2, 0.25) is 0 Å². The molecule has 0 fully saturated rings. The fourth-order valence-electron chi connectivity index (χ4n) is 1.53.